The van der Waals surface area contributed by atoms with Crippen molar-refractivity contribution in [1.29, 1.82) is 0 Å². The Kier molecular flexibility index (Phi) is 4.41. The van der Waals surface area contributed by atoms with Crippen molar-refractivity contribution in [1.82, 2.24) is 0 Å². The summed E-state index contributed by atoms with van der Waals surface area (Å²) in [7, 11) is 0. The lowest BCUT2D eigenvalue weighted by Crippen LogP contribution is -2.57. The monoisotopic (exact) mass is 512 g/mol. The van der Waals surface area contributed by atoms with Crippen LogP contribution < -0.4 is 25.9 Å². The van der Waals surface area contributed by atoms with Gasteiger partial charge in [-0.25, -0.2) is 0 Å². The van der Waals surface area contributed by atoms with Crippen LogP contribution in [0.5, 0.6) is 23.0 Å². The number of hydrogen-bond donors (Lipinski definition) is 0. The first-order chi connectivity index (χ1) is 19.8. The zero-order valence-electron chi connectivity index (χ0n) is 21.4. The van der Waals surface area contributed by atoms with E-state index in [0.29, 0.717) is 0 Å². The summed E-state index contributed by atoms with van der Waals surface area (Å²) < 4.78 is 18.9. The van der Waals surface area contributed by atoms with E-state index in [1.807, 2.05) is 42.5 Å². The number of benzene rings is 6. The summed E-state index contributed by atoms with van der Waals surface area (Å²) in [6.45, 7) is 0.0600. The average Bonchev–Trinajstić information content (AvgIpc) is 3.40. The van der Waals surface area contributed by atoms with Gasteiger partial charge >= 0.3 is 0 Å². The molecule has 2 aliphatic heterocycles. The number of fused-ring (bicyclic) bond motifs is 7. The second-order valence-corrected chi connectivity index (χ2v) is 10.5. The minimum Gasteiger partial charge on any atom is -0.458 e. The molecule has 0 spiro atoms. The highest BCUT2D eigenvalue weighted by molar-refractivity contribution is 6.98. The second-order valence-electron chi connectivity index (χ2n) is 10.5. The fraction of sp³-hybridized carbons (Fsp3) is 0. The summed E-state index contributed by atoms with van der Waals surface area (Å²) in [5, 5.41) is 2.29. The van der Waals surface area contributed by atoms with Gasteiger partial charge in [0.05, 0.1) is 0 Å². The van der Waals surface area contributed by atoms with Crippen molar-refractivity contribution in [2.24, 2.45) is 0 Å². The van der Waals surface area contributed by atoms with Crippen molar-refractivity contribution < 1.29 is 13.9 Å². The molecule has 7 aromatic rings. The fourth-order valence-electron chi connectivity index (χ4n) is 6.38. The molecule has 6 aromatic carbocycles. The van der Waals surface area contributed by atoms with Gasteiger partial charge in [0.2, 0.25) is 0 Å². The van der Waals surface area contributed by atoms with E-state index < -0.39 is 0 Å². The lowest BCUT2D eigenvalue weighted by atomic mass is 9.35. The fourth-order valence-corrected chi connectivity index (χ4v) is 6.38. The predicted octanol–water partition coefficient (Wildman–Crippen LogP) is 7.65. The molecule has 0 unspecified atom stereocenters. The number of ether oxygens (including phenoxy) is 2. The van der Waals surface area contributed by atoms with E-state index in [-0.39, 0.29) is 6.71 Å². The van der Waals surface area contributed by atoms with E-state index in [4.69, 9.17) is 13.9 Å². The van der Waals surface area contributed by atoms with Gasteiger partial charge in [0.1, 0.15) is 34.2 Å². The molecule has 0 saturated carbocycles. The molecule has 186 valence electrons. The highest BCUT2D eigenvalue weighted by atomic mass is 16.5. The first-order valence-corrected chi connectivity index (χ1v) is 13.5. The van der Waals surface area contributed by atoms with Crippen LogP contribution in [-0.4, -0.2) is 6.71 Å². The van der Waals surface area contributed by atoms with Crippen LogP contribution in [0.15, 0.2) is 132 Å². The van der Waals surface area contributed by atoms with Crippen LogP contribution in [0.1, 0.15) is 0 Å². The minimum atomic E-state index is 0.0600. The van der Waals surface area contributed by atoms with Gasteiger partial charge in [0.15, 0.2) is 0 Å². The maximum atomic E-state index is 6.38. The van der Waals surface area contributed by atoms with Crippen LogP contribution in [0.25, 0.3) is 44.2 Å². The maximum Gasteiger partial charge on any atom is 0.260 e. The van der Waals surface area contributed by atoms with Crippen molar-refractivity contribution in [2.45, 2.75) is 0 Å². The molecule has 3 heterocycles. The van der Waals surface area contributed by atoms with Crippen LogP contribution in [0, 0.1) is 0 Å². The molecule has 0 bridgehead atoms. The third-order valence-corrected chi connectivity index (χ3v) is 8.24. The Labute approximate surface area is 231 Å². The molecular formula is C36H21BO3. The first-order valence-electron chi connectivity index (χ1n) is 13.5. The van der Waals surface area contributed by atoms with Crippen LogP contribution >= 0.6 is 0 Å². The molecule has 0 aliphatic carbocycles. The zero-order valence-corrected chi connectivity index (χ0v) is 21.4. The summed E-state index contributed by atoms with van der Waals surface area (Å²) in [4.78, 5) is 0. The molecule has 0 radical (unpaired) electrons. The molecule has 4 heteroatoms. The second kappa shape index (κ2) is 8.14. The Balaban J connectivity index is 1.14. The molecule has 1 aromatic heterocycles. The summed E-state index contributed by atoms with van der Waals surface area (Å²) >= 11 is 0. The van der Waals surface area contributed by atoms with Gasteiger partial charge in [-0.3, -0.25) is 0 Å². The summed E-state index contributed by atoms with van der Waals surface area (Å²) in [5.74, 6) is 3.52. The van der Waals surface area contributed by atoms with Crippen LogP contribution in [0.3, 0.4) is 0 Å². The van der Waals surface area contributed by atoms with E-state index in [0.717, 1.165) is 78.1 Å². The third-order valence-electron chi connectivity index (χ3n) is 8.24. The molecule has 3 nitrogen and oxygen atoms in total. The van der Waals surface area contributed by atoms with E-state index >= 15 is 0 Å². The number of rotatable bonds is 2. The third kappa shape index (κ3) is 3.08. The molecule has 0 amide bonds. The van der Waals surface area contributed by atoms with Gasteiger partial charge in [-0.05, 0) is 57.9 Å². The van der Waals surface area contributed by atoms with Gasteiger partial charge in [-0.15, -0.1) is 0 Å². The molecule has 2 aliphatic rings. The quantitative estimate of drug-likeness (QED) is 0.223. The van der Waals surface area contributed by atoms with E-state index in [1.165, 1.54) is 5.46 Å². The average molecular weight is 512 g/mol. The molecule has 0 saturated heterocycles. The molecule has 40 heavy (non-hydrogen) atoms. The Morgan fingerprint density at radius 1 is 0.450 bits per heavy atom. The predicted molar refractivity (Wildman–Crippen MR) is 162 cm³/mol. The van der Waals surface area contributed by atoms with E-state index in [1.54, 1.807) is 0 Å². The Hall–Kier alpha value is -5.22. The van der Waals surface area contributed by atoms with E-state index in [9.17, 15) is 0 Å². The SMILES string of the molecule is c1ccc2c(c1)Oc1cccc3c1B2c1cc(-c2ccc(-c4cccc5c4oc4ccccc45)cc2)ccc1O3. The zero-order chi connectivity index (χ0) is 26.2. The van der Waals surface area contributed by atoms with Gasteiger partial charge < -0.3 is 13.9 Å². The molecule has 0 fully saturated rings. The van der Waals surface area contributed by atoms with Crippen molar-refractivity contribution in [3.63, 3.8) is 0 Å². The topological polar surface area (TPSA) is 31.6 Å². The first kappa shape index (κ1) is 21.7. The molecular weight excluding hydrogens is 491 g/mol. The Morgan fingerprint density at radius 3 is 1.98 bits per heavy atom. The lowest BCUT2D eigenvalue weighted by molar-refractivity contribution is 0.464. The standard InChI is InChI=1S/C36H21BO3/c1-3-11-30-26(7-1)27-9-5-8-25(36(27)40-30)23-17-15-22(16-18-23)24-19-20-32-29(21-24)37-28-10-2-4-12-31(28)38-33-13-6-14-34(39-32)35(33)37/h1-21H. The van der Waals surface area contributed by atoms with Gasteiger partial charge in [0.25, 0.3) is 6.71 Å². The van der Waals surface area contributed by atoms with Crippen molar-refractivity contribution in [3.8, 4) is 45.3 Å². The van der Waals surface area contributed by atoms with Crippen molar-refractivity contribution >= 4 is 45.0 Å². The Bertz CT molecular complexity index is 2110. The molecule has 9 rings (SSSR count). The smallest absolute Gasteiger partial charge is 0.260 e. The van der Waals surface area contributed by atoms with Crippen molar-refractivity contribution in [2.75, 3.05) is 0 Å². The van der Waals surface area contributed by atoms with E-state index in [2.05, 4.69) is 84.9 Å². The van der Waals surface area contributed by atoms with Gasteiger partial charge in [-0.1, -0.05) is 97.1 Å². The van der Waals surface area contributed by atoms with Crippen molar-refractivity contribution in [3.05, 3.63) is 127 Å². The summed E-state index contributed by atoms with van der Waals surface area (Å²) in [6.07, 6.45) is 0. The maximum absolute atomic E-state index is 6.38. The van der Waals surface area contributed by atoms with Crippen LogP contribution in [0.4, 0.5) is 0 Å². The highest BCUT2D eigenvalue weighted by Gasteiger charge is 2.39. The minimum absolute atomic E-state index is 0.0600. The lowest BCUT2D eigenvalue weighted by Gasteiger charge is -2.33. The Morgan fingerprint density at radius 2 is 1.10 bits per heavy atom. The van der Waals surface area contributed by atoms with Gasteiger partial charge in [-0.2, -0.15) is 0 Å². The molecule has 0 atom stereocenters. The van der Waals surface area contributed by atoms with Gasteiger partial charge in [0, 0.05) is 21.8 Å². The molecule has 0 N–H and O–H groups in total. The summed E-state index contributed by atoms with van der Waals surface area (Å²) in [6, 6.07) is 44.2. The number of para-hydroxylation sites is 3. The van der Waals surface area contributed by atoms with Crippen LogP contribution in [-0.2, 0) is 0 Å². The number of hydrogen-bond acceptors (Lipinski definition) is 3. The highest BCUT2D eigenvalue weighted by Crippen LogP contribution is 2.38. The summed E-state index contributed by atoms with van der Waals surface area (Å²) in [5.41, 5.74) is 9.80. The number of furan rings is 1. The van der Waals surface area contributed by atoms with Crippen LogP contribution in [0.2, 0.25) is 0 Å². The largest absolute Gasteiger partial charge is 0.458 e. The normalized spacial score (nSPS) is 12.8.